The molecule has 1 N–H and O–H groups in total. The Labute approximate surface area is 195 Å². The highest BCUT2D eigenvalue weighted by Crippen LogP contribution is 2.32. The van der Waals surface area contributed by atoms with E-state index >= 15 is 0 Å². The average Bonchev–Trinajstić information content (AvgIpc) is 3.37. The number of nitrogens with zero attached hydrogens (tertiary/aromatic N) is 5. The van der Waals surface area contributed by atoms with Crippen molar-refractivity contribution in [3.05, 3.63) is 70.2 Å². The standard InChI is InChI=1S/C24H25FN6O3/c1-13(23-27-14(2)29-34-23)26-22(32)16-10-18(15-6-8-17(25)9-7-15)21-19(11-16)31(5)20(28-21)12-24(3,4)30-33/h6-11,13H,12H2,1-5H3,(H,26,32)/t13-/m1/s1. The molecule has 0 saturated heterocycles. The lowest BCUT2D eigenvalue weighted by atomic mass is 10.0. The first-order valence-corrected chi connectivity index (χ1v) is 10.8. The van der Waals surface area contributed by atoms with E-state index in [1.807, 2.05) is 11.6 Å². The van der Waals surface area contributed by atoms with Gasteiger partial charge in [-0.2, -0.15) is 9.89 Å². The van der Waals surface area contributed by atoms with Crippen LogP contribution in [0.4, 0.5) is 4.39 Å². The summed E-state index contributed by atoms with van der Waals surface area (Å²) in [5.41, 5.74) is 2.26. The van der Waals surface area contributed by atoms with Gasteiger partial charge in [0, 0.05) is 24.6 Å². The van der Waals surface area contributed by atoms with Gasteiger partial charge in [0.15, 0.2) is 5.82 Å². The molecule has 2 heterocycles. The second-order valence-corrected chi connectivity index (χ2v) is 8.94. The molecule has 1 atom stereocenters. The fraction of sp³-hybridized carbons (Fsp3) is 0.333. The van der Waals surface area contributed by atoms with E-state index in [1.165, 1.54) is 12.1 Å². The van der Waals surface area contributed by atoms with Crippen LogP contribution >= 0.6 is 0 Å². The monoisotopic (exact) mass is 464 g/mol. The van der Waals surface area contributed by atoms with Gasteiger partial charge in [-0.15, -0.1) is 0 Å². The third kappa shape index (κ3) is 4.57. The van der Waals surface area contributed by atoms with Crippen LogP contribution in [0.1, 0.15) is 54.7 Å². The number of benzene rings is 2. The normalized spacial score (nSPS) is 12.6. The van der Waals surface area contributed by atoms with Crippen LogP contribution in [-0.4, -0.2) is 31.1 Å². The largest absolute Gasteiger partial charge is 0.341 e. The predicted molar refractivity (Wildman–Crippen MR) is 125 cm³/mol. The Kier molecular flexibility index (Phi) is 5.99. The van der Waals surface area contributed by atoms with Crippen molar-refractivity contribution in [2.45, 2.75) is 45.7 Å². The van der Waals surface area contributed by atoms with Gasteiger partial charge in [-0.25, -0.2) is 9.37 Å². The molecule has 2 aromatic carbocycles. The highest BCUT2D eigenvalue weighted by atomic mass is 19.1. The number of rotatable bonds is 7. The molecule has 176 valence electrons. The molecule has 9 nitrogen and oxygen atoms in total. The van der Waals surface area contributed by atoms with Crippen LogP contribution in [-0.2, 0) is 13.5 Å². The topological polar surface area (TPSA) is 115 Å². The fourth-order valence-electron chi connectivity index (χ4n) is 3.72. The van der Waals surface area contributed by atoms with Gasteiger partial charge in [0.1, 0.15) is 23.2 Å². The summed E-state index contributed by atoms with van der Waals surface area (Å²) in [6, 6.07) is 8.95. The highest BCUT2D eigenvalue weighted by Gasteiger charge is 2.25. The molecule has 0 aliphatic carbocycles. The Balaban J connectivity index is 1.81. The van der Waals surface area contributed by atoms with E-state index in [0.29, 0.717) is 51.7 Å². The molecule has 0 bridgehead atoms. The average molecular weight is 465 g/mol. The molecular weight excluding hydrogens is 439 g/mol. The van der Waals surface area contributed by atoms with Gasteiger partial charge in [0.05, 0.1) is 11.0 Å². The van der Waals surface area contributed by atoms with Crippen LogP contribution in [0.15, 0.2) is 46.1 Å². The SMILES string of the molecule is Cc1noc([C@@H](C)NC(=O)c2cc(-c3ccc(F)cc3)c3nc(CC(C)(C)N=O)n(C)c3c2)n1. The molecule has 0 radical (unpaired) electrons. The van der Waals surface area contributed by atoms with Gasteiger partial charge in [0.25, 0.3) is 5.91 Å². The Morgan fingerprint density at radius 3 is 2.56 bits per heavy atom. The van der Waals surface area contributed by atoms with Crippen molar-refractivity contribution in [2.75, 3.05) is 0 Å². The summed E-state index contributed by atoms with van der Waals surface area (Å²) >= 11 is 0. The smallest absolute Gasteiger partial charge is 0.252 e. The minimum absolute atomic E-state index is 0.303. The van der Waals surface area contributed by atoms with Crippen LogP contribution in [0.3, 0.4) is 0 Å². The summed E-state index contributed by atoms with van der Waals surface area (Å²) < 4.78 is 20.6. The number of aromatic nitrogens is 4. The summed E-state index contributed by atoms with van der Waals surface area (Å²) in [7, 11) is 1.82. The molecule has 0 aliphatic rings. The van der Waals surface area contributed by atoms with Crippen LogP contribution in [0.25, 0.3) is 22.2 Å². The van der Waals surface area contributed by atoms with Crippen molar-refractivity contribution >= 4 is 16.9 Å². The number of halogens is 1. The Morgan fingerprint density at radius 1 is 1.24 bits per heavy atom. The number of hydrogen-bond acceptors (Lipinski definition) is 7. The number of hydrogen-bond donors (Lipinski definition) is 1. The minimum Gasteiger partial charge on any atom is -0.341 e. The zero-order chi connectivity index (χ0) is 24.6. The first kappa shape index (κ1) is 23.2. The van der Waals surface area contributed by atoms with Crippen molar-refractivity contribution in [1.29, 1.82) is 0 Å². The van der Waals surface area contributed by atoms with Gasteiger partial charge in [-0.3, -0.25) is 4.79 Å². The summed E-state index contributed by atoms with van der Waals surface area (Å²) in [4.78, 5) is 33.3. The number of carbonyl (C=O) groups is 1. The molecule has 2 aromatic heterocycles. The van der Waals surface area contributed by atoms with Crippen LogP contribution in [0.2, 0.25) is 0 Å². The van der Waals surface area contributed by atoms with E-state index in [0.717, 1.165) is 0 Å². The highest BCUT2D eigenvalue weighted by molar-refractivity contribution is 6.02. The van der Waals surface area contributed by atoms with Gasteiger partial charge in [-0.1, -0.05) is 22.5 Å². The van der Waals surface area contributed by atoms with Gasteiger partial charge in [0.2, 0.25) is 5.89 Å². The van der Waals surface area contributed by atoms with E-state index in [2.05, 4.69) is 20.6 Å². The molecule has 4 rings (SSSR count). The molecule has 0 spiro atoms. The fourth-order valence-corrected chi connectivity index (χ4v) is 3.72. The number of nitroso groups, excluding NO2 is 1. The molecule has 1 amide bonds. The first-order valence-electron chi connectivity index (χ1n) is 10.8. The third-order valence-electron chi connectivity index (χ3n) is 5.60. The quantitative estimate of drug-likeness (QED) is 0.398. The van der Waals surface area contributed by atoms with Crippen LogP contribution < -0.4 is 5.32 Å². The number of fused-ring (bicyclic) bond motifs is 1. The van der Waals surface area contributed by atoms with Crippen molar-refractivity contribution in [3.63, 3.8) is 0 Å². The summed E-state index contributed by atoms with van der Waals surface area (Å²) in [6.45, 7) is 6.92. The van der Waals surface area contributed by atoms with Crippen molar-refractivity contribution in [3.8, 4) is 11.1 Å². The molecule has 4 aromatic rings. The Morgan fingerprint density at radius 2 is 1.94 bits per heavy atom. The molecule has 34 heavy (non-hydrogen) atoms. The lowest BCUT2D eigenvalue weighted by molar-refractivity contribution is 0.0932. The predicted octanol–water partition coefficient (Wildman–Crippen LogP) is 4.65. The van der Waals surface area contributed by atoms with E-state index in [4.69, 9.17) is 9.51 Å². The van der Waals surface area contributed by atoms with Crippen LogP contribution in [0.5, 0.6) is 0 Å². The minimum atomic E-state index is -0.844. The number of carbonyl (C=O) groups excluding carboxylic acids is 1. The summed E-state index contributed by atoms with van der Waals surface area (Å²) in [5, 5.41) is 9.83. The zero-order valence-corrected chi connectivity index (χ0v) is 19.6. The van der Waals surface area contributed by atoms with Crippen molar-refractivity contribution in [2.24, 2.45) is 12.2 Å². The summed E-state index contributed by atoms with van der Waals surface area (Å²) in [6.07, 6.45) is 0.319. The van der Waals surface area contributed by atoms with Gasteiger partial charge in [-0.05, 0) is 57.5 Å². The lowest BCUT2D eigenvalue weighted by Gasteiger charge is -2.14. The number of aryl methyl sites for hydroxylation is 2. The molecule has 10 heteroatoms. The second-order valence-electron chi connectivity index (χ2n) is 8.94. The number of amides is 1. The van der Waals surface area contributed by atoms with E-state index < -0.39 is 11.6 Å². The van der Waals surface area contributed by atoms with E-state index in [1.54, 1.807) is 52.0 Å². The van der Waals surface area contributed by atoms with Gasteiger partial charge < -0.3 is 14.4 Å². The Bertz CT molecular complexity index is 1370. The third-order valence-corrected chi connectivity index (χ3v) is 5.60. The van der Waals surface area contributed by atoms with Crippen molar-refractivity contribution in [1.82, 2.24) is 25.0 Å². The maximum absolute atomic E-state index is 13.6. The van der Waals surface area contributed by atoms with Crippen molar-refractivity contribution < 1.29 is 13.7 Å². The van der Waals surface area contributed by atoms with Gasteiger partial charge >= 0.3 is 0 Å². The first-order chi connectivity index (χ1) is 16.1. The molecule has 0 aliphatic heterocycles. The zero-order valence-electron chi connectivity index (χ0n) is 19.6. The van der Waals surface area contributed by atoms with E-state index in [-0.39, 0.29) is 11.7 Å². The molecule has 0 unspecified atom stereocenters. The number of nitrogens with one attached hydrogen (secondary N) is 1. The maximum Gasteiger partial charge on any atom is 0.252 e. The second kappa shape index (κ2) is 8.77. The maximum atomic E-state index is 13.6. The number of imidazole rings is 1. The molecule has 0 fully saturated rings. The summed E-state index contributed by atoms with van der Waals surface area (Å²) in [5.74, 6) is 0.725. The van der Waals surface area contributed by atoms with Crippen LogP contribution in [0, 0.1) is 17.6 Å². The lowest BCUT2D eigenvalue weighted by Crippen LogP contribution is -2.27. The molecule has 0 saturated carbocycles. The van der Waals surface area contributed by atoms with E-state index in [9.17, 15) is 14.1 Å². The molecular formula is C24H25FN6O3. The Hall–Kier alpha value is -3.95.